The molecule has 24 heavy (non-hydrogen) atoms. The Kier molecular flexibility index (Phi) is 4.57. The lowest BCUT2D eigenvalue weighted by atomic mass is 9.95. The standard InChI is InChI=1S/C16H19N5O3/c1-11-10-17-7-5-14(11)18-16(22)15-6-8-20(19-15)12-3-2-4-13(9-12)21(23)24/h2-4,6,8-9,11,14,17H,5,7,10H2,1H3,(H,18,22). The highest BCUT2D eigenvalue weighted by Gasteiger charge is 2.24. The minimum Gasteiger partial charge on any atom is -0.348 e. The molecule has 1 aromatic heterocycles. The molecule has 0 radical (unpaired) electrons. The first-order chi connectivity index (χ1) is 11.5. The summed E-state index contributed by atoms with van der Waals surface area (Å²) in [6.07, 6.45) is 2.51. The average molecular weight is 329 g/mol. The molecule has 0 bridgehead atoms. The first-order valence-corrected chi connectivity index (χ1v) is 7.86. The molecule has 126 valence electrons. The van der Waals surface area contributed by atoms with Crippen LogP contribution >= 0.6 is 0 Å². The molecule has 0 spiro atoms. The maximum absolute atomic E-state index is 12.4. The Labute approximate surface area is 139 Å². The van der Waals surface area contributed by atoms with Gasteiger partial charge in [-0.3, -0.25) is 14.9 Å². The number of nitrogens with zero attached hydrogens (tertiary/aromatic N) is 3. The van der Waals surface area contributed by atoms with Crippen LogP contribution in [0, 0.1) is 16.0 Å². The van der Waals surface area contributed by atoms with Crippen molar-refractivity contribution in [1.82, 2.24) is 20.4 Å². The molecule has 2 N–H and O–H groups in total. The smallest absolute Gasteiger partial charge is 0.272 e. The highest BCUT2D eigenvalue weighted by atomic mass is 16.6. The van der Waals surface area contributed by atoms with Crippen LogP contribution in [0.1, 0.15) is 23.8 Å². The van der Waals surface area contributed by atoms with Gasteiger partial charge in [0, 0.05) is 24.4 Å². The van der Waals surface area contributed by atoms with Crippen LogP contribution in [0.4, 0.5) is 5.69 Å². The Morgan fingerprint density at radius 2 is 2.29 bits per heavy atom. The van der Waals surface area contributed by atoms with Gasteiger partial charge in [0.1, 0.15) is 0 Å². The molecule has 2 heterocycles. The van der Waals surface area contributed by atoms with E-state index in [-0.39, 0.29) is 17.6 Å². The van der Waals surface area contributed by atoms with Gasteiger partial charge in [-0.25, -0.2) is 4.68 Å². The van der Waals surface area contributed by atoms with Gasteiger partial charge in [-0.05, 0) is 37.6 Å². The topological polar surface area (TPSA) is 102 Å². The largest absolute Gasteiger partial charge is 0.348 e. The molecule has 0 aliphatic carbocycles. The van der Waals surface area contributed by atoms with Crippen LogP contribution in [0.3, 0.4) is 0 Å². The fraction of sp³-hybridized carbons (Fsp3) is 0.375. The van der Waals surface area contributed by atoms with E-state index in [1.165, 1.54) is 16.8 Å². The van der Waals surface area contributed by atoms with Crippen molar-refractivity contribution in [3.8, 4) is 5.69 Å². The third-order valence-electron chi connectivity index (χ3n) is 4.23. The molecule has 1 aliphatic heterocycles. The van der Waals surface area contributed by atoms with E-state index in [9.17, 15) is 14.9 Å². The summed E-state index contributed by atoms with van der Waals surface area (Å²) in [5.41, 5.74) is 0.822. The number of hydrogen-bond donors (Lipinski definition) is 2. The summed E-state index contributed by atoms with van der Waals surface area (Å²) in [7, 11) is 0. The Bertz CT molecular complexity index is 758. The number of hydrogen-bond acceptors (Lipinski definition) is 5. The van der Waals surface area contributed by atoms with Crippen molar-refractivity contribution in [2.75, 3.05) is 13.1 Å². The van der Waals surface area contributed by atoms with Crippen molar-refractivity contribution >= 4 is 11.6 Å². The summed E-state index contributed by atoms with van der Waals surface area (Å²) in [6.45, 7) is 3.86. The van der Waals surface area contributed by atoms with Gasteiger partial charge in [0.05, 0.1) is 10.6 Å². The molecule has 2 aromatic rings. The normalized spacial score (nSPS) is 20.5. The highest BCUT2D eigenvalue weighted by Crippen LogP contribution is 2.17. The second kappa shape index (κ2) is 6.79. The summed E-state index contributed by atoms with van der Waals surface area (Å²) in [6, 6.07) is 7.87. The van der Waals surface area contributed by atoms with Gasteiger partial charge in [0.2, 0.25) is 0 Å². The first-order valence-electron chi connectivity index (χ1n) is 7.86. The number of nitrogens with one attached hydrogen (secondary N) is 2. The molecule has 1 aliphatic rings. The summed E-state index contributed by atoms with van der Waals surface area (Å²) in [4.78, 5) is 22.8. The number of aromatic nitrogens is 2. The second-order valence-electron chi connectivity index (χ2n) is 5.97. The van der Waals surface area contributed by atoms with Crippen LogP contribution in [-0.2, 0) is 0 Å². The average Bonchev–Trinajstić information content (AvgIpc) is 3.07. The SMILES string of the molecule is CC1CNCCC1NC(=O)c1ccn(-c2cccc([N+](=O)[O-])c2)n1. The second-order valence-corrected chi connectivity index (χ2v) is 5.97. The third-order valence-corrected chi connectivity index (χ3v) is 4.23. The van der Waals surface area contributed by atoms with Gasteiger partial charge < -0.3 is 10.6 Å². The van der Waals surface area contributed by atoms with Crippen molar-refractivity contribution < 1.29 is 9.72 Å². The molecule has 2 atom stereocenters. The number of rotatable bonds is 4. The van der Waals surface area contributed by atoms with Crippen molar-refractivity contribution in [2.24, 2.45) is 5.92 Å². The lowest BCUT2D eigenvalue weighted by Gasteiger charge is -2.29. The number of amides is 1. The van der Waals surface area contributed by atoms with Crippen LogP contribution in [0.25, 0.3) is 5.69 Å². The maximum Gasteiger partial charge on any atom is 0.272 e. The lowest BCUT2D eigenvalue weighted by Crippen LogP contribution is -2.48. The zero-order valence-electron chi connectivity index (χ0n) is 13.3. The molecular weight excluding hydrogens is 310 g/mol. The van der Waals surface area contributed by atoms with Crippen molar-refractivity contribution in [2.45, 2.75) is 19.4 Å². The monoisotopic (exact) mass is 329 g/mol. The Morgan fingerprint density at radius 3 is 3.04 bits per heavy atom. The molecule has 1 aromatic carbocycles. The predicted molar refractivity (Wildman–Crippen MR) is 88.1 cm³/mol. The number of carbonyl (C=O) groups is 1. The van der Waals surface area contributed by atoms with Crippen LogP contribution in [0.2, 0.25) is 0 Å². The van der Waals surface area contributed by atoms with Gasteiger partial charge in [-0.1, -0.05) is 13.0 Å². The Balaban J connectivity index is 1.74. The van der Waals surface area contributed by atoms with E-state index in [2.05, 4.69) is 22.7 Å². The lowest BCUT2D eigenvalue weighted by molar-refractivity contribution is -0.384. The molecule has 3 rings (SSSR count). The van der Waals surface area contributed by atoms with Crippen molar-refractivity contribution in [1.29, 1.82) is 0 Å². The third kappa shape index (κ3) is 3.43. The first kappa shape index (κ1) is 16.1. The number of carbonyl (C=O) groups excluding carboxylic acids is 1. The number of nitro groups is 1. The van der Waals surface area contributed by atoms with E-state index in [1.54, 1.807) is 24.4 Å². The van der Waals surface area contributed by atoms with Gasteiger partial charge in [-0.15, -0.1) is 0 Å². The van der Waals surface area contributed by atoms with Crippen molar-refractivity contribution in [3.05, 3.63) is 52.3 Å². The Hall–Kier alpha value is -2.74. The summed E-state index contributed by atoms with van der Waals surface area (Å²) in [5, 5.41) is 21.4. The molecule has 1 saturated heterocycles. The quantitative estimate of drug-likeness (QED) is 0.654. The minimum atomic E-state index is -0.459. The maximum atomic E-state index is 12.4. The fourth-order valence-corrected chi connectivity index (χ4v) is 2.81. The molecular formula is C16H19N5O3. The van der Waals surface area contributed by atoms with Gasteiger partial charge >= 0.3 is 0 Å². The van der Waals surface area contributed by atoms with E-state index in [0.29, 0.717) is 17.3 Å². The Morgan fingerprint density at radius 1 is 1.46 bits per heavy atom. The van der Waals surface area contributed by atoms with Gasteiger partial charge in [0.25, 0.3) is 11.6 Å². The number of piperidine rings is 1. The molecule has 8 nitrogen and oxygen atoms in total. The zero-order chi connectivity index (χ0) is 17.1. The van der Waals surface area contributed by atoms with Crippen LogP contribution in [-0.4, -0.2) is 39.7 Å². The summed E-state index contributed by atoms with van der Waals surface area (Å²) in [5.74, 6) is 0.138. The van der Waals surface area contributed by atoms with E-state index < -0.39 is 4.92 Å². The molecule has 1 amide bonds. The predicted octanol–water partition coefficient (Wildman–Crippen LogP) is 1.51. The van der Waals surface area contributed by atoms with Gasteiger partial charge in [-0.2, -0.15) is 5.10 Å². The van der Waals surface area contributed by atoms with E-state index in [1.807, 2.05) is 0 Å². The molecule has 8 heteroatoms. The molecule has 2 unspecified atom stereocenters. The summed E-state index contributed by atoms with van der Waals surface area (Å²) >= 11 is 0. The molecule has 0 saturated carbocycles. The van der Waals surface area contributed by atoms with Crippen LogP contribution in [0.15, 0.2) is 36.5 Å². The fourth-order valence-electron chi connectivity index (χ4n) is 2.81. The van der Waals surface area contributed by atoms with E-state index in [4.69, 9.17) is 0 Å². The summed E-state index contributed by atoms with van der Waals surface area (Å²) < 4.78 is 1.47. The van der Waals surface area contributed by atoms with E-state index in [0.717, 1.165) is 19.5 Å². The van der Waals surface area contributed by atoms with Crippen LogP contribution < -0.4 is 10.6 Å². The highest BCUT2D eigenvalue weighted by molar-refractivity contribution is 5.92. The number of nitro benzene ring substituents is 1. The van der Waals surface area contributed by atoms with Gasteiger partial charge in [0.15, 0.2) is 5.69 Å². The van der Waals surface area contributed by atoms with Crippen molar-refractivity contribution in [3.63, 3.8) is 0 Å². The molecule has 1 fully saturated rings. The van der Waals surface area contributed by atoms with Crippen LogP contribution in [0.5, 0.6) is 0 Å². The number of non-ortho nitro benzene ring substituents is 1. The zero-order valence-corrected chi connectivity index (χ0v) is 13.3. The minimum absolute atomic E-state index is 0.0162. The number of benzene rings is 1. The van der Waals surface area contributed by atoms with E-state index >= 15 is 0 Å².